The van der Waals surface area contributed by atoms with Crippen molar-refractivity contribution in [3.05, 3.63) is 12.2 Å². The number of sulfonamides is 1. The largest absolute Gasteiger partial charge is 0.411 e. The summed E-state index contributed by atoms with van der Waals surface area (Å²) in [5.74, 6) is 0. The third-order valence-electron chi connectivity index (χ3n) is 0.977. The van der Waals surface area contributed by atoms with Gasteiger partial charge in [0.15, 0.2) is 0 Å². The van der Waals surface area contributed by atoms with E-state index < -0.39 is 16.1 Å². The van der Waals surface area contributed by atoms with E-state index in [0.717, 1.165) is 12.5 Å². The first kappa shape index (κ1) is 11.1. The number of oxime groups is 1. The second kappa shape index (κ2) is 4.89. The summed E-state index contributed by atoms with van der Waals surface area (Å²) in [7, 11) is -3.27. The maximum Gasteiger partial charge on any atom is 0.209 e. The van der Waals surface area contributed by atoms with E-state index in [1.165, 1.54) is 0 Å². The van der Waals surface area contributed by atoms with Gasteiger partial charge in [-0.2, -0.15) is 0 Å². The van der Waals surface area contributed by atoms with Gasteiger partial charge in [-0.15, -0.1) is 5.16 Å². The predicted octanol–water partition coefficient (Wildman–Crippen LogP) is -0.0597. The van der Waals surface area contributed by atoms with Gasteiger partial charge in [-0.25, -0.2) is 13.1 Å². The van der Waals surface area contributed by atoms with Crippen molar-refractivity contribution in [2.75, 3.05) is 6.26 Å². The molecule has 5 nitrogen and oxygen atoms in total. The van der Waals surface area contributed by atoms with Crippen LogP contribution in [0.2, 0.25) is 0 Å². The highest BCUT2D eigenvalue weighted by atomic mass is 32.2. The predicted molar refractivity (Wildman–Crippen MR) is 46.9 cm³/mol. The molecule has 1 unspecified atom stereocenters. The molecule has 0 heterocycles. The van der Waals surface area contributed by atoms with E-state index in [2.05, 4.69) is 9.88 Å². The van der Waals surface area contributed by atoms with Crippen LogP contribution >= 0.6 is 0 Å². The molecule has 0 aromatic carbocycles. The minimum Gasteiger partial charge on any atom is -0.411 e. The Labute approximate surface area is 71.8 Å². The van der Waals surface area contributed by atoms with Crippen LogP contribution in [0.5, 0.6) is 0 Å². The molecule has 0 fully saturated rings. The molecule has 0 aliphatic rings. The Morgan fingerprint density at radius 1 is 1.58 bits per heavy atom. The highest BCUT2D eigenvalue weighted by molar-refractivity contribution is 7.88. The Morgan fingerprint density at radius 3 is 2.50 bits per heavy atom. The summed E-state index contributed by atoms with van der Waals surface area (Å²) in [5, 5.41) is 10.9. The smallest absolute Gasteiger partial charge is 0.209 e. The summed E-state index contributed by atoms with van der Waals surface area (Å²) < 4.78 is 23.6. The highest BCUT2D eigenvalue weighted by Gasteiger charge is 2.07. The summed E-state index contributed by atoms with van der Waals surface area (Å²) in [5.41, 5.74) is 0. The normalized spacial score (nSPS) is 15.8. The lowest BCUT2D eigenvalue weighted by Gasteiger charge is -2.05. The van der Waals surface area contributed by atoms with Gasteiger partial charge in [0.25, 0.3) is 0 Å². The van der Waals surface area contributed by atoms with Crippen LogP contribution in [0.3, 0.4) is 0 Å². The van der Waals surface area contributed by atoms with Crippen molar-refractivity contribution in [3.8, 4) is 0 Å². The van der Waals surface area contributed by atoms with Gasteiger partial charge in [0.2, 0.25) is 10.0 Å². The zero-order chi connectivity index (χ0) is 9.61. The minimum atomic E-state index is -3.27. The first-order valence-corrected chi connectivity index (χ1v) is 5.16. The molecule has 0 bridgehead atoms. The number of allylic oxidation sites excluding steroid dienone is 1. The van der Waals surface area contributed by atoms with Crippen molar-refractivity contribution in [3.63, 3.8) is 0 Å². The lowest BCUT2D eigenvalue weighted by atomic mass is 10.3. The Hall–Kier alpha value is -0.880. The number of rotatable bonds is 4. The molecular formula is C6H12N2O3S. The first-order valence-electron chi connectivity index (χ1n) is 3.27. The highest BCUT2D eigenvalue weighted by Crippen LogP contribution is 1.86. The van der Waals surface area contributed by atoms with E-state index in [0.29, 0.717) is 0 Å². The van der Waals surface area contributed by atoms with Crippen LogP contribution in [-0.4, -0.2) is 32.1 Å². The molecule has 0 saturated heterocycles. The summed E-state index contributed by atoms with van der Waals surface area (Å²) in [6.07, 6.45) is 5.33. The van der Waals surface area contributed by atoms with E-state index in [4.69, 9.17) is 5.21 Å². The molecule has 0 aliphatic heterocycles. The van der Waals surface area contributed by atoms with Gasteiger partial charge in [0.1, 0.15) is 0 Å². The Morgan fingerprint density at radius 2 is 2.17 bits per heavy atom. The van der Waals surface area contributed by atoms with Crippen LogP contribution in [-0.2, 0) is 10.0 Å². The van der Waals surface area contributed by atoms with Gasteiger partial charge < -0.3 is 5.21 Å². The van der Waals surface area contributed by atoms with Crippen molar-refractivity contribution in [2.24, 2.45) is 5.16 Å². The van der Waals surface area contributed by atoms with Crippen LogP contribution in [0.15, 0.2) is 17.3 Å². The molecule has 0 aliphatic carbocycles. The molecular weight excluding hydrogens is 180 g/mol. The van der Waals surface area contributed by atoms with E-state index in [9.17, 15) is 8.42 Å². The van der Waals surface area contributed by atoms with Gasteiger partial charge >= 0.3 is 0 Å². The molecule has 2 N–H and O–H groups in total. The van der Waals surface area contributed by atoms with Gasteiger partial charge in [0, 0.05) is 0 Å². The molecule has 70 valence electrons. The Bertz CT molecular complexity index is 257. The van der Waals surface area contributed by atoms with Crippen molar-refractivity contribution in [1.82, 2.24) is 4.72 Å². The second-order valence-corrected chi connectivity index (χ2v) is 3.99. The quantitative estimate of drug-likeness (QED) is 0.283. The van der Waals surface area contributed by atoms with Gasteiger partial charge in [-0.1, -0.05) is 12.2 Å². The summed E-state index contributed by atoms with van der Waals surface area (Å²) in [6, 6.07) is -0.588. The van der Waals surface area contributed by atoms with E-state index >= 15 is 0 Å². The zero-order valence-electron chi connectivity index (χ0n) is 6.93. The van der Waals surface area contributed by atoms with Crippen LogP contribution < -0.4 is 4.72 Å². The Balaban J connectivity index is 4.34. The standard InChI is InChI=1S/C6H12N2O3S/c1-3-4-6(5-7-9)8-12(2,10)11/h3-6,8-9H,1-2H3/b4-3-,7-5+. The lowest BCUT2D eigenvalue weighted by molar-refractivity contribution is 0.320. The van der Waals surface area contributed by atoms with E-state index in [-0.39, 0.29) is 0 Å². The van der Waals surface area contributed by atoms with Gasteiger partial charge in [0.05, 0.1) is 18.5 Å². The average Bonchev–Trinajstić information content (AvgIpc) is 1.84. The van der Waals surface area contributed by atoms with E-state index in [1.54, 1.807) is 19.1 Å². The third kappa shape index (κ3) is 5.87. The molecule has 1 atom stereocenters. The maximum atomic E-state index is 10.7. The van der Waals surface area contributed by atoms with Crippen molar-refractivity contribution >= 4 is 16.2 Å². The van der Waals surface area contributed by atoms with Gasteiger partial charge in [-0.05, 0) is 6.92 Å². The average molecular weight is 192 g/mol. The summed E-state index contributed by atoms with van der Waals surface area (Å²) in [6.45, 7) is 1.74. The molecule has 0 aromatic heterocycles. The summed E-state index contributed by atoms with van der Waals surface area (Å²) in [4.78, 5) is 0. The summed E-state index contributed by atoms with van der Waals surface area (Å²) >= 11 is 0. The molecule has 6 heteroatoms. The van der Waals surface area contributed by atoms with Crippen LogP contribution in [0.25, 0.3) is 0 Å². The van der Waals surface area contributed by atoms with Crippen molar-refractivity contribution in [1.29, 1.82) is 0 Å². The molecule has 0 amide bonds. The fourth-order valence-corrected chi connectivity index (χ4v) is 1.28. The lowest BCUT2D eigenvalue weighted by Crippen LogP contribution is -2.33. The van der Waals surface area contributed by atoms with Crippen LogP contribution in [0, 0.1) is 0 Å². The molecule has 0 saturated carbocycles. The molecule has 0 aromatic rings. The number of nitrogens with zero attached hydrogens (tertiary/aromatic N) is 1. The topological polar surface area (TPSA) is 78.8 Å². The first-order chi connectivity index (χ1) is 5.49. The number of hydrogen-bond acceptors (Lipinski definition) is 4. The molecule has 0 spiro atoms. The second-order valence-electron chi connectivity index (χ2n) is 2.21. The molecule has 0 radical (unpaired) electrons. The van der Waals surface area contributed by atoms with Crippen molar-refractivity contribution < 1.29 is 13.6 Å². The monoisotopic (exact) mass is 192 g/mol. The minimum absolute atomic E-state index is 0.588. The van der Waals surface area contributed by atoms with Crippen LogP contribution in [0.1, 0.15) is 6.92 Å². The fourth-order valence-electron chi connectivity index (χ4n) is 0.646. The SMILES string of the molecule is C/C=C\C(/C=N/O)NS(C)(=O)=O. The number of hydrogen-bond donors (Lipinski definition) is 2. The zero-order valence-corrected chi connectivity index (χ0v) is 7.75. The van der Waals surface area contributed by atoms with Crippen molar-refractivity contribution in [2.45, 2.75) is 13.0 Å². The third-order valence-corrected chi connectivity index (χ3v) is 1.68. The Kier molecular flexibility index (Phi) is 4.53. The van der Waals surface area contributed by atoms with Gasteiger partial charge in [-0.3, -0.25) is 0 Å². The molecule has 0 rings (SSSR count). The van der Waals surface area contributed by atoms with E-state index in [1.807, 2.05) is 0 Å². The number of nitrogens with one attached hydrogen (secondary N) is 1. The van der Waals surface area contributed by atoms with Crippen LogP contribution in [0.4, 0.5) is 0 Å². The fraction of sp³-hybridized carbons (Fsp3) is 0.500. The molecule has 12 heavy (non-hydrogen) atoms. The maximum absolute atomic E-state index is 10.7.